The highest BCUT2D eigenvalue weighted by Gasteiger charge is 2.12. The lowest BCUT2D eigenvalue weighted by molar-refractivity contribution is -0.138. The molecule has 1 atom stereocenters. The van der Waals surface area contributed by atoms with E-state index >= 15 is 0 Å². The summed E-state index contributed by atoms with van der Waals surface area (Å²) in [4.78, 5) is 14.5. The number of aromatic nitrogens is 1. The molecule has 1 aromatic heterocycles. The highest BCUT2D eigenvalue weighted by Crippen LogP contribution is 2.02. The standard InChI is InChI=1S/C9H12N2O2/c1-6-2-3-11-7(4-6)5-8(10)9(12)13/h2-4,8H,5,10H2,1H3,(H,12,13)/t8-/m1/s1. The zero-order valence-corrected chi connectivity index (χ0v) is 7.40. The molecule has 0 aromatic carbocycles. The zero-order valence-electron chi connectivity index (χ0n) is 7.40. The first-order valence-corrected chi connectivity index (χ1v) is 3.99. The van der Waals surface area contributed by atoms with Gasteiger partial charge in [0, 0.05) is 18.3 Å². The van der Waals surface area contributed by atoms with Gasteiger partial charge in [0.2, 0.25) is 0 Å². The summed E-state index contributed by atoms with van der Waals surface area (Å²) in [5.74, 6) is -0.997. The molecular formula is C9H12N2O2. The van der Waals surface area contributed by atoms with Crippen molar-refractivity contribution in [2.75, 3.05) is 0 Å². The number of pyridine rings is 1. The summed E-state index contributed by atoms with van der Waals surface area (Å²) in [5, 5.41) is 8.56. The Morgan fingerprint density at radius 1 is 1.77 bits per heavy atom. The minimum absolute atomic E-state index is 0.275. The second-order valence-electron chi connectivity index (χ2n) is 2.97. The second kappa shape index (κ2) is 4.00. The Kier molecular flexibility index (Phi) is 2.97. The van der Waals surface area contributed by atoms with E-state index in [9.17, 15) is 4.79 Å². The van der Waals surface area contributed by atoms with Crippen molar-refractivity contribution in [3.05, 3.63) is 29.6 Å². The molecule has 1 heterocycles. The molecule has 0 amide bonds. The normalized spacial score (nSPS) is 12.5. The van der Waals surface area contributed by atoms with Gasteiger partial charge in [-0.25, -0.2) is 0 Å². The predicted molar refractivity (Wildman–Crippen MR) is 48.3 cm³/mol. The highest BCUT2D eigenvalue weighted by molar-refractivity contribution is 5.73. The molecule has 1 rings (SSSR count). The Balaban J connectivity index is 2.69. The molecule has 4 nitrogen and oxygen atoms in total. The fraction of sp³-hybridized carbons (Fsp3) is 0.333. The number of carbonyl (C=O) groups is 1. The second-order valence-corrected chi connectivity index (χ2v) is 2.97. The van der Waals surface area contributed by atoms with Crippen LogP contribution in [0, 0.1) is 6.92 Å². The van der Waals surface area contributed by atoms with Crippen molar-refractivity contribution in [2.24, 2.45) is 5.73 Å². The van der Waals surface area contributed by atoms with Crippen LogP contribution in [0.15, 0.2) is 18.3 Å². The van der Waals surface area contributed by atoms with Crippen LogP contribution < -0.4 is 5.73 Å². The van der Waals surface area contributed by atoms with E-state index in [1.165, 1.54) is 0 Å². The molecule has 70 valence electrons. The number of hydrogen-bond donors (Lipinski definition) is 2. The maximum Gasteiger partial charge on any atom is 0.320 e. The van der Waals surface area contributed by atoms with Crippen LogP contribution in [0.2, 0.25) is 0 Å². The molecule has 13 heavy (non-hydrogen) atoms. The maximum absolute atomic E-state index is 10.4. The molecule has 1 aromatic rings. The van der Waals surface area contributed by atoms with Crippen LogP contribution >= 0.6 is 0 Å². The van der Waals surface area contributed by atoms with Gasteiger partial charge in [-0.3, -0.25) is 9.78 Å². The summed E-state index contributed by atoms with van der Waals surface area (Å²) in [6.45, 7) is 1.93. The summed E-state index contributed by atoms with van der Waals surface area (Å²) in [6, 6.07) is 2.83. The van der Waals surface area contributed by atoms with Gasteiger partial charge in [0.05, 0.1) is 0 Å². The molecule has 0 radical (unpaired) electrons. The van der Waals surface area contributed by atoms with E-state index < -0.39 is 12.0 Å². The van der Waals surface area contributed by atoms with Crippen molar-refractivity contribution in [3.63, 3.8) is 0 Å². The molecule has 0 bridgehead atoms. The summed E-state index contributed by atoms with van der Waals surface area (Å²) < 4.78 is 0. The summed E-state index contributed by atoms with van der Waals surface area (Å²) in [5.41, 5.74) is 7.13. The molecular weight excluding hydrogens is 168 g/mol. The molecule has 0 saturated carbocycles. The van der Waals surface area contributed by atoms with Crippen LogP contribution in [0.1, 0.15) is 11.3 Å². The van der Waals surface area contributed by atoms with Crippen molar-refractivity contribution in [1.29, 1.82) is 0 Å². The average Bonchev–Trinajstić information content (AvgIpc) is 2.04. The number of carboxylic acids is 1. The van der Waals surface area contributed by atoms with Crippen LogP contribution in [0.4, 0.5) is 0 Å². The van der Waals surface area contributed by atoms with Gasteiger partial charge in [-0.15, -0.1) is 0 Å². The number of aliphatic carboxylic acids is 1. The largest absolute Gasteiger partial charge is 0.480 e. The van der Waals surface area contributed by atoms with Crippen LogP contribution in [0.5, 0.6) is 0 Å². The van der Waals surface area contributed by atoms with Crippen molar-refractivity contribution in [3.8, 4) is 0 Å². The Hall–Kier alpha value is -1.42. The predicted octanol–water partition coefficient (Wildman–Crippen LogP) is 0.344. The number of hydrogen-bond acceptors (Lipinski definition) is 3. The molecule has 0 aliphatic rings. The summed E-state index contributed by atoms with van der Waals surface area (Å²) >= 11 is 0. The molecule has 0 fully saturated rings. The third kappa shape index (κ3) is 2.83. The van der Waals surface area contributed by atoms with Gasteiger partial charge in [0.15, 0.2) is 0 Å². The Morgan fingerprint density at radius 3 is 3.00 bits per heavy atom. The van der Waals surface area contributed by atoms with Crippen LogP contribution in [0.25, 0.3) is 0 Å². The van der Waals surface area contributed by atoms with Crippen LogP contribution in [0.3, 0.4) is 0 Å². The molecule has 0 unspecified atom stereocenters. The third-order valence-electron chi connectivity index (χ3n) is 1.72. The minimum Gasteiger partial charge on any atom is -0.480 e. The minimum atomic E-state index is -0.997. The first kappa shape index (κ1) is 9.67. The fourth-order valence-corrected chi connectivity index (χ4v) is 1.02. The lowest BCUT2D eigenvalue weighted by Gasteiger charge is -2.05. The molecule has 0 aliphatic carbocycles. The molecule has 0 aliphatic heterocycles. The summed E-state index contributed by atoms with van der Waals surface area (Å²) in [6.07, 6.45) is 1.93. The van der Waals surface area contributed by atoms with Gasteiger partial charge in [0.1, 0.15) is 6.04 Å². The monoisotopic (exact) mass is 180 g/mol. The van der Waals surface area contributed by atoms with Gasteiger partial charge in [-0.05, 0) is 24.6 Å². The molecule has 0 saturated heterocycles. The van der Waals surface area contributed by atoms with Crippen molar-refractivity contribution >= 4 is 5.97 Å². The Labute approximate surface area is 76.4 Å². The van der Waals surface area contributed by atoms with E-state index in [1.807, 2.05) is 19.1 Å². The van der Waals surface area contributed by atoms with E-state index in [2.05, 4.69) is 4.98 Å². The van der Waals surface area contributed by atoms with Crippen molar-refractivity contribution in [2.45, 2.75) is 19.4 Å². The number of rotatable bonds is 3. The third-order valence-corrected chi connectivity index (χ3v) is 1.72. The number of nitrogens with zero attached hydrogens (tertiary/aromatic N) is 1. The Bertz CT molecular complexity index is 312. The first-order valence-electron chi connectivity index (χ1n) is 3.99. The van der Waals surface area contributed by atoms with Crippen molar-refractivity contribution < 1.29 is 9.90 Å². The number of carboxylic acid groups (broad SMARTS) is 1. The average molecular weight is 180 g/mol. The lowest BCUT2D eigenvalue weighted by Crippen LogP contribution is -2.32. The van der Waals surface area contributed by atoms with E-state index in [0.717, 1.165) is 11.3 Å². The van der Waals surface area contributed by atoms with Crippen LogP contribution in [-0.2, 0) is 11.2 Å². The van der Waals surface area contributed by atoms with E-state index in [0.29, 0.717) is 0 Å². The molecule has 3 N–H and O–H groups in total. The SMILES string of the molecule is Cc1ccnc(C[C@@H](N)C(=O)O)c1. The fourth-order valence-electron chi connectivity index (χ4n) is 1.02. The number of aryl methyl sites for hydroxylation is 1. The topological polar surface area (TPSA) is 76.2 Å². The van der Waals surface area contributed by atoms with Gasteiger partial charge >= 0.3 is 5.97 Å². The zero-order chi connectivity index (χ0) is 9.84. The van der Waals surface area contributed by atoms with Gasteiger partial charge in [0.25, 0.3) is 0 Å². The summed E-state index contributed by atoms with van der Waals surface area (Å²) in [7, 11) is 0. The van der Waals surface area contributed by atoms with Gasteiger partial charge in [-0.1, -0.05) is 0 Å². The highest BCUT2D eigenvalue weighted by atomic mass is 16.4. The van der Waals surface area contributed by atoms with E-state index in [-0.39, 0.29) is 6.42 Å². The molecule has 4 heteroatoms. The number of nitrogens with two attached hydrogens (primary N) is 1. The first-order chi connectivity index (χ1) is 6.09. The van der Waals surface area contributed by atoms with Crippen molar-refractivity contribution in [1.82, 2.24) is 4.98 Å². The lowest BCUT2D eigenvalue weighted by atomic mass is 10.1. The van der Waals surface area contributed by atoms with Crippen LogP contribution in [-0.4, -0.2) is 22.1 Å². The smallest absolute Gasteiger partial charge is 0.320 e. The van der Waals surface area contributed by atoms with Gasteiger partial charge in [-0.2, -0.15) is 0 Å². The van der Waals surface area contributed by atoms with Gasteiger partial charge < -0.3 is 10.8 Å². The quantitative estimate of drug-likeness (QED) is 0.703. The van der Waals surface area contributed by atoms with E-state index in [1.54, 1.807) is 6.20 Å². The maximum atomic E-state index is 10.4. The Morgan fingerprint density at radius 2 is 2.46 bits per heavy atom. The van der Waals surface area contributed by atoms with E-state index in [4.69, 9.17) is 10.8 Å². The molecule has 0 spiro atoms.